The molecule has 0 unspecified atom stereocenters. The highest BCUT2D eigenvalue weighted by atomic mass is 16.2. The third-order valence-electron chi connectivity index (χ3n) is 7.30. The molecule has 1 saturated carbocycles. The number of rotatable bonds is 6. The van der Waals surface area contributed by atoms with E-state index in [-0.39, 0.29) is 24.2 Å². The standard InChI is InChI=1S/C27H28N6O3/c1-17-16-27(17,19-9-11-29-12-10-19)31-26(36)33-23(25(35)32(2)20-6-4-3-5-7-20)21(24(33)34)14-18-8-13-30-22(28)15-18/h3-13,15,17,21,23H,14,16H2,1-2H3,(H2,28,30)(H,31,36)/t17-,21+,23-,27-/m0/s1. The topological polar surface area (TPSA) is 122 Å². The molecular formula is C27H28N6O3. The minimum atomic E-state index is -0.944. The molecule has 0 spiro atoms. The summed E-state index contributed by atoms with van der Waals surface area (Å²) in [5.41, 5.74) is 7.63. The van der Waals surface area contributed by atoms with Gasteiger partial charge in [0.1, 0.15) is 11.9 Å². The quantitative estimate of drug-likeness (QED) is 0.519. The molecule has 4 atom stereocenters. The average Bonchev–Trinajstić information content (AvgIpc) is 3.55. The highest BCUT2D eigenvalue weighted by Gasteiger charge is 2.59. The number of nitrogens with two attached hydrogens (primary N) is 1. The van der Waals surface area contributed by atoms with Crippen LogP contribution in [0.1, 0.15) is 24.5 Å². The van der Waals surface area contributed by atoms with E-state index in [0.29, 0.717) is 11.5 Å². The third-order valence-corrected chi connectivity index (χ3v) is 7.30. The number of pyridine rings is 2. The molecule has 4 amide bonds. The molecule has 36 heavy (non-hydrogen) atoms. The van der Waals surface area contributed by atoms with E-state index in [9.17, 15) is 14.4 Å². The Morgan fingerprint density at radius 2 is 1.83 bits per heavy atom. The van der Waals surface area contributed by atoms with Crippen molar-refractivity contribution in [1.29, 1.82) is 0 Å². The van der Waals surface area contributed by atoms with Gasteiger partial charge in [-0.2, -0.15) is 0 Å². The molecule has 1 aliphatic carbocycles. The molecule has 9 heteroatoms. The van der Waals surface area contributed by atoms with Crippen LogP contribution < -0.4 is 16.0 Å². The summed E-state index contributed by atoms with van der Waals surface area (Å²) in [6, 6.07) is 14.8. The molecule has 2 aliphatic rings. The summed E-state index contributed by atoms with van der Waals surface area (Å²) in [5.74, 6) is -0.882. The molecule has 1 aromatic carbocycles. The maximum atomic E-state index is 13.7. The van der Waals surface area contributed by atoms with E-state index >= 15 is 0 Å². The highest BCUT2D eigenvalue weighted by molar-refractivity contribution is 6.12. The second-order valence-electron chi connectivity index (χ2n) is 9.53. The molecule has 1 saturated heterocycles. The van der Waals surface area contributed by atoms with Crippen molar-refractivity contribution < 1.29 is 14.4 Å². The van der Waals surface area contributed by atoms with Gasteiger partial charge < -0.3 is 16.0 Å². The monoisotopic (exact) mass is 484 g/mol. The maximum absolute atomic E-state index is 13.7. The van der Waals surface area contributed by atoms with Gasteiger partial charge in [-0.25, -0.2) is 9.78 Å². The van der Waals surface area contributed by atoms with Gasteiger partial charge in [-0.3, -0.25) is 19.5 Å². The number of hydrogen-bond donors (Lipinski definition) is 2. The van der Waals surface area contributed by atoms with E-state index in [0.717, 1.165) is 22.4 Å². The minimum absolute atomic E-state index is 0.192. The molecule has 2 fully saturated rings. The van der Waals surface area contributed by atoms with E-state index in [1.54, 1.807) is 37.8 Å². The summed E-state index contributed by atoms with van der Waals surface area (Å²) in [7, 11) is 1.65. The number of nitrogen functional groups attached to an aromatic ring is 1. The number of urea groups is 1. The number of amides is 4. The molecule has 9 nitrogen and oxygen atoms in total. The number of likely N-dealkylation sites (tertiary alicyclic amines) is 1. The predicted octanol–water partition coefficient (Wildman–Crippen LogP) is 2.74. The Labute approximate surface area is 209 Å². The number of imide groups is 1. The summed E-state index contributed by atoms with van der Waals surface area (Å²) < 4.78 is 0. The van der Waals surface area contributed by atoms with Crippen LogP contribution in [0.5, 0.6) is 0 Å². The lowest BCUT2D eigenvalue weighted by Crippen LogP contribution is -2.71. The summed E-state index contributed by atoms with van der Waals surface area (Å²) in [6.45, 7) is 2.04. The number of nitrogens with one attached hydrogen (secondary N) is 1. The molecule has 3 aromatic rings. The predicted molar refractivity (Wildman–Crippen MR) is 135 cm³/mol. The van der Waals surface area contributed by atoms with Crippen molar-refractivity contribution in [3.63, 3.8) is 0 Å². The molecular weight excluding hydrogens is 456 g/mol. The van der Waals surface area contributed by atoms with Crippen LogP contribution in [0.25, 0.3) is 0 Å². The number of para-hydroxylation sites is 1. The van der Waals surface area contributed by atoms with Crippen molar-refractivity contribution >= 4 is 29.4 Å². The molecule has 1 aliphatic heterocycles. The fourth-order valence-electron chi connectivity index (χ4n) is 5.08. The SMILES string of the molecule is C[C@H]1C[C@@]1(NC(=O)N1C(=O)[C@H](Cc2ccnc(N)c2)[C@H]1C(=O)N(C)c1ccccc1)c1ccncc1. The van der Waals surface area contributed by atoms with Crippen LogP contribution >= 0.6 is 0 Å². The van der Waals surface area contributed by atoms with Crippen molar-refractivity contribution in [2.24, 2.45) is 11.8 Å². The van der Waals surface area contributed by atoms with Crippen molar-refractivity contribution in [2.45, 2.75) is 31.3 Å². The Morgan fingerprint density at radius 3 is 2.47 bits per heavy atom. The van der Waals surface area contributed by atoms with Gasteiger partial charge in [0.15, 0.2) is 0 Å². The van der Waals surface area contributed by atoms with Crippen LogP contribution in [0.15, 0.2) is 73.2 Å². The van der Waals surface area contributed by atoms with Gasteiger partial charge in [-0.05, 0) is 66.3 Å². The summed E-state index contributed by atoms with van der Waals surface area (Å²) in [5, 5.41) is 3.06. The number of carbonyl (C=O) groups excluding carboxylic acids is 3. The minimum Gasteiger partial charge on any atom is -0.384 e. The Kier molecular flexibility index (Phi) is 5.91. The van der Waals surface area contributed by atoms with Gasteiger partial charge in [-0.1, -0.05) is 25.1 Å². The highest BCUT2D eigenvalue weighted by Crippen LogP contribution is 2.52. The van der Waals surface area contributed by atoms with Crippen molar-refractivity contribution in [3.8, 4) is 0 Å². The van der Waals surface area contributed by atoms with Gasteiger partial charge in [0, 0.05) is 31.3 Å². The zero-order chi connectivity index (χ0) is 25.4. The zero-order valence-electron chi connectivity index (χ0n) is 20.2. The first-order chi connectivity index (χ1) is 17.3. The van der Waals surface area contributed by atoms with Crippen molar-refractivity contribution in [2.75, 3.05) is 17.7 Å². The lowest BCUT2D eigenvalue weighted by molar-refractivity contribution is -0.156. The van der Waals surface area contributed by atoms with E-state index < -0.39 is 23.5 Å². The fraction of sp³-hybridized carbons (Fsp3) is 0.296. The second-order valence-corrected chi connectivity index (χ2v) is 9.53. The van der Waals surface area contributed by atoms with Gasteiger partial charge in [0.05, 0.1) is 11.5 Å². The maximum Gasteiger partial charge on any atom is 0.325 e. The Morgan fingerprint density at radius 1 is 1.14 bits per heavy atom. The molecule has 5 rings (SSSR count). The lowest BCUT2D eigenvalue weighted by atomic mass is 9.81. The van der Waals surface area contributed by atoms with Gasteiger partial charge in [0.25, 0.3) is 5.91 Å². The first kappa shape index (κ1) is 23.5. The van der Waals surface area contributed by atoms with Crippen molar-refractivity contribution in [1.82, 2.24) is 20.2 Å². The van der Waals surface area contributed by atoms with Crippen LogP contribution in [0.4, 0.5) is 16.3 Å². The van der Waals surface area contributed by atoms with Crippen LogP contribution in [0.3, 0.4) is 0 Å². The number of anilines is 2. The number of nitrogens with zero attached hydrogens (tertiary/aromatic N) is 4. The lowest BCUT2D eigenvalue weighted by Gasteiger charge is -2.46. The molecule has 0 radical (unpaired) electrons. The van der Waals surface area contributed by atoms with Gasteiger partial charge in [-0.15, -0.1) is 0 Å². The van der Waals surface area contributed by atoms with Crippen molar-refractivity contribution in [3.05, 3.63) is 84.3 Å². The number of aromatic nitrogens is 2. The number of benzene rings is 1. The summed E-state index contributed by atoms with van der Waals surface area (Å²) in [6.07, 6.45) is 5.95. The first-order valence-corrected chi connectivity index (χ1v) is 11.9. The largest absolute Gasteiger partial charge is 0.384 e. The van der Waals surface area contributed by atoms with Crippen LogP contribution in [-0.2, 0) is 21.5 Å². The Hall–Kier alpha value is -4.27. The van der Waals surface area contributed by atoms with Gasteiger partial charge >= 0.3 is 6.03 Å². The molecule has 2 aromatic heterocycles. The molecule has 0 bridgehead atoms. The van der Waals surface area contributed by atoms with Crippen LogP contribution in [-0.4, -0.2) is 45.8 Å². The molecule has 3 N–H and O–H groups in total. The van der Waals surface area contributed by atoms with E-state index in [4.69, 9.17) is 5.73 Å². The number of carbonyl (C=O) groups is 3. The second kappa shape index (κ2) is 9.07. The number of hydrogen-bond acceptors (Lipinski definition) is 6. The normalized spacial score (nSPS) is 24.6. The van der Waals surface area contributed by atoms with Gasteiger partial charge in [0.2, 0.25) is 5.91 Å². The average molecular weight is 485 g/mol. The number of β-lactam (4-membered cyclic amide) rings is 1. The molecule has 184 valence electrons. The summed E-state index contributed by atoms with van der Waals surface area (Å²) in [4.78, 5) is 51.1. The van der Waals surface area contributed by atoms with Crippen LogP contribution in [0, 0.1) is 11.8 Å². The first-order valence-electron chi connectivity index (χ1n) is 11.9. The van der Waals surface area contributed by atoms with Crippen LogP contribution in [0.2, 0.25) is 0 Å². The van der Waals surface area contributed by atoms with E-state index in [1.165, 1.54) is 4.90 Å². The Bertz CT molecular complexity index is 1300. The Balaban J connectivity index is 1.42. The molecule has 3 heterocycles. The summed E-state index contributed by atoms with van der Waals surface area (Å²) >= 11 is 0. The fourth-order valence-corrected chi connectivity index (χ4v) is 5.08. The van der Waals surface area contributed by atoms with E-state index in [2.05, 4.69) is 15.3 Å². The van der Waals surface area contributed by atoms with E-state index in [1.807, 2.05) is 49.4 Å². The third kappa shape index (κ3) is 4.06. The number of likely N-dealkylation sites (N-methyl/N-ethyl adjacent to an activating group) is 1. The smallest absolute Gasteiger partial charge is 0.325 e. The zero-order valence-corrected chi connectivity index (χ0v) is 20.2.